The summed E-state index contributed by atoms with van der Waals surface area (Å²) in [5, 5.41) is 0. The summed E-state index contributed by atoms with van der Waals surface area (Å²) in [5.74, 6) is -0.644. The van der Waals surface area contributed by atoms with Crippen LogP contribution < -0.4 is 4.72 Å². The lowest BCUT2D eigenvalue weighted by Crippen LogP contribution is -2.31. The fourth-order valence-corrected chi connectivity index (χ4v) is 3.45. The number of hydrogen-bond acceptors (Lipinski definition) is 3. The number of rotatable bonds is 3. The van der Waals surface area contributed by atoms with Crippen molar-refractivity contribution >= 4 is 21.4 Å². The van der Waals surface area contributed by atoms with E-state index in [0.29, 0.717) is 11.3 Å². The summed E-state index contributed by atoms with van der Waals surface area (Å²) in [6, 6.07) is 13.7. The second-order valence-electron chi connectivity index (χ2n) is 5.42. The van der Waals surface area contributed by atoms with Crippen molar-refractivity contribution in [2.24, 2.45) is 0 Å². The second kappa shape index (κ2) is 5.55. The standard InChI is InChI=1S/C17H16N2O3S/c1-12-6-8-15(9-7-12)23(21,22)18-17(20)16-13(2)11-14-5-3-4-10-19(14)16/h3-11H,1-2H3,(H,18,20). The number of aromatic nitrogens is 1. The maximum absolute atomic E-state index is 12.5. The van der Waals surface area contributed by atoms with E-state index in [9.17, 15) is 13.2 Å². The Hall–Kier alpha value is -2.60. The summed E-state index contributed by atoms with van der Waals surface area (Å²) in [5.41, 5.74) is 2.82. The van der Waals surface area contributed by atoms with Crippen LogP contribution in [0, 0.1) is 13.8 Å². The maximum atomic E-state index is 12.5. The van der Waals surface area contributed by atoms with Crippen molar-refractivity contribution in [3.8, 4) is 0 Å². The molecule has 5 nitrogen and oxygen atoms in total. The van der Waals surface area contributed by atoms with E-state index in [2.05, 4.69) is 4.72 Å². The molecule has 118 valence electrons. The van der Waals surface area contributed by atoms with Gasteiger partial charge >= 0.3 is 0 Å². The van der Waals surface area contributed by atoms with Crippen LogP contribution in [0.2, 0.25) is 0 Å². The van der Waals surface area contributed by atoms with Gasteiger partial charge in [-0.25, -0.2) is 13.1 Å². The molecular weight excluding hydrogens is 312 g/mol. The minimum Gasteiger partial charge on any atom is -0.312 e. The Kier molecular flexibility index (Phi) is 3.69. The highest BCUT2D eigenvalue weighted by molar-refractivity contribution is 7.90. The van der Waals surface area contributed by atoms with Crippen LogP contribution in [0.4, 0.5) is 0 Å². The number of pyridine rings is 1. The van der Waals surface area contributed by atoms with Crippen molar-refractivity contribution in [1.29, 1.82) is 0 Å². The lowest BCUT2D eigenvalue weighted by Gasteiger charge is -2.08. The van der Waals surface area contributed by atoms with Crippen LogP contribution in [0.5, 0.6) is 0 Å². The van der Waals surface area contributed by atoms with E-state index in [4.69, 9.17) is 0 Å². The van der Waals surface area contributed by atoms with Crippen LogP contribution in [0.15, 0.2) is 59.6 Å². The Morgan fingerprint density at radius 2 is 1.74 bits per heavy atom. The molecular formula is C17H16N2O3S. The van der Waals surface area contributed by atoms with Crippen LogP contribution >= 0.6 is 0 Å². The van der Waals surface area contributed by atoms with Gasteiger partial charge in [0.25, 0.3) is 15.9 Å². The van der Waals surface area contributed by atoms with Crippen molar-refractivity contribution < 1.29 is 13.2 Å². The zero-order valence-corrected chi connectivity index (χ0v) is 13.6. The molecule has 23 heavy (non-hydrogen) atoms. The Labute approximate surface area is 134 Å². The monoisotopic (exact) mass is 328 g/mol. The number of sulfonamides is 1. The predicted octanol–water partition coefficient (Wildman–Crippen LogP) is 2.67. The number of carbonyl (C=O) groups is 1. The molecule has 6 heteroatoms. The van der Waals surface area contributed by atoms with Crippen LogP contribution in [0.25, 0.3) is 5.52 Å². The molecule has 0 unspecified atom stereocenters. The minimum absolute atomic E-state index is 0.0648. The predicted molar refractivity (Wildman–Crippen MR) is 88.0 cm³/mol. The molecule has 0 saturated heterocycles. The third-order valence-electron chi connectivity index (χ3n) is 3.64. The number of amides is 1. The zero-order chi connectivity index (χ0) is 16.6. The van der Waals surface area contributed by atoms with Crippen LogP contribution in [0.1, 0.15) is 21.6 Å². The summed E-state index contributed by atoms with van der Waals surface area (Å²) in [7, 11) is -3.90. The van der Waals surface area contributed by atoms with Gasteiger partial charge < -0.3 is 4.40 Å². The van der Waals surface area contributed by atoms with Gasteiger partial charge in [0, 0.05) is 11.7 Å². The molecule has 0 spiro atoms. The number of carbonyl (C=O) groups excluding carboxylic acids is 1. The molecule has 3 rings (SSSR count). The molecule has 0 atom stereocenters. The Bertz CT molecular complexity index is 986. The molecule has 2 heterocycles. The van der Waals surface area contributed by atoms with E-state index < -0.39 is 15.9 Å². The van der Waals surface area contributed by atoms with Gasteiger partial charge in [-0.2, -0.15) is 0 Å². The third kappa shape index (κ3) is 2.85. The van der Waals surface area contributed by atoms with Crippen molar-refractivity contribution in [2.45, 2.75) is 18.7 Å². The summed E-state index contributed by atoms with van der Waals surface area (Å²) in [4.78, 5) is 12.6. The molecule has 1 amide bonds. The van der Waals surface area contributed by atoms with Gasteiger partial charge in [0.2, 0.25) is 0 Å². The van der Waals surface area contributed by atoms with E-state index in [0.717, 1.165) is 11.1 Å². The highest BCUT2D eigenvalue weighted by Crippen LogP contribution is 2.17. The zero-order valence-electron chi connectivity index (χ0n) is 12.8. The van der Waals surface area contributed by atoms with E-state index in [-0.39, 0.29) is 4.90 Å². The number of aryl methyl sites for hydroxylation is 2. The number of nitrogens with zero attached hydrogens (tertiary/aromatic N) is 1. The van der Waals surface area contributed by atoms with Gasteiger partial charge in [-0.15, -0.1) is 0 Å². The van der Waals surface area contributed by atoms with Gasteiger partial charge in [0.1, 0.15) is 5.69 Å². The van der Waals surface area contributed by atoms with Crippen molar-refractivity contribution in [3.05, 3.63) is 71.5 Å². The van der Waals surface area contributed by atoms with E-state index in [1.54, 1.807) is 35.7 Å². The second-order valence-corrected chi connectivity index (χ2v) is 7.10. The van der Waals surface area contributed by atoms with E-state index in [1.165, 1.54) is 12.1 Å². The van der Waals surface area contributed by atoms with E-state index >= 15 is 0 Å². The molecule has 3 aromatic rings. The maximum Gasteiger partial charge on any atom is 0.282 e. The Morgan fingerprint density at radius 3 is 2.43 bits per heavy atom. The van der Waals surface area contributed by atoms with Crippen LogP contribution in [-0.4, -0.2) is 18.7 Å². The summed E-state index contributed by atoms with van der Waals surface area (Å²) in [6.45, 7) is 3.64. The highest BCUT2D eigenvalue weighted by Gasteiger charge is 2.22. The average molecular weight is 328 g/mol. The third-order valence-corrected chi connectivity index (χ3v) is 4.99. The summed E-state index contributed by atoms with van der Waals surface area (Å²) < 4.78 is 28.5. The van der Waals surface area contributed by atoms with Crippen molar-refractivity contribution in [2.75, 3.05) is 0 Å². The summed E-state index contributed by atoms with van der Waals surface area (Å²) in [6.07, 6.45) is 1.73. The van der Waals surface area contributed by atoms with Gasteiger partial charge in [0.05, 0.1) is 4.90 Å². The molecule has 0 aliphatic heterocycles. The molecule has 1 aromatic carbocycles. The van der Waals surface area contributed by atoms with Gasteiger partial charge in [-0.1, -0.05) is 23.8 Å². The smallest absolute Gasteiger partial charge is 0.282 e. The summed E-state index contributed by atoms with van der Waals surface area (Å²) >= 11 is 0. The SMILES string of the molecule is Cc1ccc(S(=O)(=O)NC(=O)c2c(C)cc3ccccn23)cc1. The number of benzene rings is 1. The highest BCUT2D eigenvalue weighted by atomic mass is 32.2. The first kappa shape index (κ1) is 15.3. The van der Waals surface area contributed by atoms with Gasteiger partial charge in [-0.05, 0) is 49.7 Å². The van der Waals surface area contributed by atoms with Gasteiger partial charge in [0.15, 0.2) is 0 Å². The normalized spacial score (nSPS) is 11.6. The van der Waals surface area contributed by atoms with Crippen LogP contribution in [-0.2, 0) is 10.0 Å². The Balaban J connectivity index is 1.97. The fraction of sp³-hybridized carbons (Fsp3) is 0.118. The molecule has 0 saturated carbocycles. The molecule has 0 fully saturated rings. The lowest BCUT2D eigenvalue weighted by atomic mass is 10.2. The number of nitrogens with one attached hydrogen (secondary N) is 1. The van der Waals surface area contributed by atoms with Gasteiger partial charge in [-0.3, -0.25) is 4.79 Å². The molecule has 0 aliphatic rings. The minimum atomic E-state index is -3.90. The first-order chi connectivity index (χ1) is 10.9. The first-order valence-corrected chi connectivity index (χ1v) is 8.57. The molecule has 0 aliphatic carbocycles. The number of fused-ring (bicyclic) bond motifs is 1. The molecule has 2 aromatic heterocycles. The number of hydrogen-bond donors (Lipinski definition) is 1. The molecule has 0 radical (unpaired) electrons. The van der Waals surface area contributed by atoms with Crippen molar-refractivity contribution in [3.63, 3.8) is 0 Å². The van der Waals surface area contributed by atoms with Crippen LogP contribution in [0.3, 0.4) is 0 Å². The lowest BCUT2D eigenvalue weighted by molar-refractivity contribution is 0.0975. The molecule has 0 bridgehead atoms. The Morgan fingerprint density at radius 1 is 1.04 bits per heavy atom. The largest absolute Gasteiger partial charge is 0.312 e. The fourth-order valence-electron chi connectivity index (χ4n) is 2.49. The topological polar surface area (TPSA) is 67.7 Å². The average Bonchev–Trinajstić information content (AvgIpc) is 2.83. The van der Waals surface area contributed by atoms with Crippen molar-refractivity contribution in [1.82, 2.24) is 9.12 Å². The first-order valence-electron chi connectivity index (χ1n) is 7.09. The van der Waals surface area contributed by atoms with E-state index in [1.807, 2.05) is 25.1 Å². The molecule has 1 N–H and O–H groups in total. The quantitative estimate of drug-likeness (QED) is 0.804.